The predicted octanol–water partition coefficient (Wildman–Crippen LogP) is 4.40. The average Bonchev–Trinajstić information content (AvgIpc) is 3.15. The van der Waals surface area contributed by atoms with E-state index in [1.807, 2.05) is 18.2 Å². The third-order valence-corrected chi connectivity index (χ3v) is 7.00. The summed E-state index contributed by atoms with van der Waals surface area (Å²) < 4.78 is 16.6. The Kier molecular flexibility index (Phi) is 6.12. The number of nitro groups is 1. The average molecular weight is 453 g/mol. The molecule has 1 saturated heterocycles. The van der Waals surface area contributed by atoms with Crippen molar-refractivity contribution in [2.45, 2.75) is 37.6 Å². The van der Waals surface area contributed by atoms with Crippen molar-refractivity contribution in [2.75, 3.05) is 27.8 Å². The minimum Gasteiger partial charge on any atom is -0.493 e. The van der Waals surface area contributed by atoms with E-state index in [1.54, 1.807) is 33.3 Å². The zero-order valence-electron chi connectivity index (χ0n) is 19.3. The summed E-state index contributed by atoms with van der Waals surface area (Å²) in [5.41, 5.74) is 1.29. The number of nitrogens with zero attached hydrogens (tertiary/aromatic N) is 2. The molecule has 0 N–H and O–H groups in total. The zero-order chi connectivity index (χ0) is 23.8. The number of ether oxygens (including phenoxy) is 3. The molecular formula is C25H28N2O6. The lowest BCUT2D eigenvalue weighted by molar-refractivity contribution is -0.385. The van der Waals surface area contributed by atoms with Gasteiger partial charge < -0.3 is 19.1 Å². The van der Waals surface area contributed by atoms with Crippen molar-refractivity contribution in [3.05, 3.63) is 75.0 Å². The van der Waals surface area contributed by atoms with Crippen LogP contribution >= 0.6 is 0 Å². The van der Waals surface area contributed by atoms with Gasteiger partial charge in [-0.15, -0.1) is 0 Å². The first-order chi connectivity index (χ1) is 15.8. The molecule has 8 heteroatoms. The van der Waals surface area contributed by atoms with Crippen LogP contribution in [0.4, 0.5) is 5.69 Å². The van der Waals surface area contributed by atoms with Crippen LogP contribution in [0.15, 0.2) is 48.2 Å². The number of allylic oxidation sites excluding steroid dienone is 1. The lowest BCUT2D eigenvalue weighted by Crippen LogP contribution is -2.43. The number of benzene rings is 2. The topological polar surface area (TPSA) is 91.1 Å². The molecule has 1 aliphatic heterocycles. The maximum Gasteiger partial charge on any atom is 0.350 e. The summed E-state index contributed by atoms with van der Waals surface area (Å²) in [6.45, 7) is 2.59. The summed E-state index contributed by atoms with van der Waals surface area (Å²) in [5, 5.41) is 11.4. The summed E-state index contributed by atoms with van der Waals surface area (Å²) >= 11 is 0. The van der Waals surface area contributed by atoms with Gasteiger partial charge in [-0.05, 0) is 62.7 Å². The predicted molar refractivity (Wildman–Crippen MR) is 123 cm³/mol. The first kappa shape index (κ1) is 22.8. The van der Waals surface area contributed by atoms with Gasteiger partial charge in [0, 0.05) is 23.9 Å². The van der Waals surface area contributed by atoms with Crippen molar-refractivity contribution in [2.24, 2.45) is 0 Å². The van der Waals surface area contributed by atoms with E-state index in [0.29, 0.717) is 35.7 Å². The highest BCUT2D eigenvalue weighted by Crippen LogP contribution is 2.49. The molecule has 33 heavy (non-hydrogen) atoms. The Hall–Kier alpha value is -3.39. The number of hydrogen-bond acceptors (Lipinski definition) is 7. The van der Waals surface area contributed by atoms with E-state index in [1.165, 1.54) is 6.07 Å². The number of rotatable bonds is 6. The van der Waals surface area contributed by atoms with E-state index < -0.39 is 10.9 Å². The third kappa shape index (κ3) is 3.95. The van der Waals surface area contributed by atoms with E-state index >= 15 is 0 Å². The fraction of sp³-hybridized carbons (Fsp3) is 0.400. The highest BCUT2D eigenvalue weighted by Gasteiger charge is 2.49. The first-order valence-electron chi connectivity index (χ1n) is 10.9. The monoisotopic (exact) mass is 452 g/mol. The minimum absolute atomic E-state index is 0.0000889. The van der Waals surface area contributed by atoms with Gasteiger partial charge in [-0.2, -0.15) is 0 Å². The van der Waals surface area contributed by atoms with Gasteiger partial charge in [0.1, 0.15) is 11.3 Å². The standard InChI is InChI=1S/C25H28N2O6/c1-16-6-5-7-19(27(29)30)23(16)24(28)33-18-10-11-25(12-13-26(2)22(25)15-18)17-8-9-20(31-3)21(14-17)32-4/h5-10,14,22H,11-13,15H2,1-4H3/t22-,25-/m0/s1. The normalized spacial score (nSPS) is 22.3. The molecule has 0 bridgehead atoms. The fourth-order valence-electron chi connectivity index (χ4n) is 5.20. The molecule has 0 unspecified atom stereocenters. The maximum absolute atomic E-state index is 12.9. The maximum atomic E-state index is 12.9. The molecule has 1 aliphatic carbocycles. The minimum atomic E-state index is -0.690. The SMILES string of the molecule is COc1ccc([C@@]23CC=C(OC(=O)c4c(C)cccc4[N+](=O)[O-])C[C@@H]2N(C)CC3)cc1OC. The van der Waals surface area contributed by atoms with Crippen LogP contribution in [0.1, 0.15) is 40.7 Å². The Morgan fingerprint density at radius 1 is 1.18 bits per heavy atom. The van der Waals surface area contributed by atoms with Crippen LogP contribution in [0.3, 0.4) is 0 Å². The molecule has 1 fully saturated rings. The molecule has 0 aromatic heterocycles. The number of aryl methyl sites for hydroxylation is 1. The second-order valence-corrected chi connectivity index (χ2v) is 8.67. The Bertz CT molecular complexity index is 1130. The Morgan fingerprint density at radius 3 is 2.64 bits per heavy atom. The van der Waals surface area contributed by atoms with Crippen molar-refractivity contribution in [1.82, 2.24) is 4.90 Å². The second kappa shape index (κ2) is 8.86. The number of methoxy groups -OCH3 is 2. The molecule has 2 aromatic rings. The Balaban J connectivity index is 1.63. The second-order valence-electron chi connectivity index (χ2n) is 8.67. The molecule has 0 amide bonds. The van der Waals surface area contributed by atoms with E-state index in [4.69, 9.17) is 14.2 Å². The van der Waals surface area contributed by atoms with Crippen LogP contribution in [0.5, 0.6) is 11.5 Å². The van der Waals surface area contributed by atoms with Gasteiger partial charge in [-0.25, -0.2) is 4.79 Å². The molecule has 1 heterocycles. The number of nitro benzene ring substituents is 1. The number of carbonyl (C=O) groups excluding carboxylic acids is 1. The van der Waals surface area contributed by atoms with E-state index in [9.17, 15) is 14.9 Å². The molecule has 2 aliphatic rings. The summed E-state index contributed by atoms with van der Waals surface area (Å²) in [5.74, 6) is 1.23. The quantitative estimate of drug-likeness (QED) is 0.364. The number of likely N-dealkylation sites (N-methyl/N-ethyl adjacent to an activating group) is 1. The van der Waals surface area contributed by atoms with Crippen LogP contribution in [0, 0.1) is 17.0 Å². The molecule has 2 atom stereocenters. The molecule has 0 saturated carbocycles. The summed E-state index contributed by atoms with van der Waals surface area (Å²) in [4.78, 5) is 26.1. The number of likely N-dealkylation sites (tertiary alicyclic amines) is 1. The molecule has 2 aromatic carbocycles. The van der Waals surface area contributed by atoms with Crippen LogP contribution in [0.2, 0.25) is 0 Å². The van der Waals surface area contributed by atoms with E-state index in [2.05, 4.69) is 18.0 Å². The smallest absolute Gasteiger partial charge is 0.350 e. The van der Waals surface area contributed by atoms with Gasteiger partial charge in [-0.1, -0.05) is 18.2 Å². The third-order valence-electron chi connectivity index (χ3n) is 7.00. The van der Waals surface area contributed by atoms with Gasteiger partial charge in [0.15, 0.2) is 11.5 Å². The van der Waals surface area contributed by atoms with Crippen LogP contribution in [-0.2, 0) is 10.2 Å². The van der Waals surface area contributed by atoms with Gasteiger partial charge in [0.2, 0.25) is 0 Å². The van der Waals surface area contributed by atoms with Crippen LogP contribution in [0.25, 0.3) is 0 Å². The molecule has 4 rings (SSSR count). The van der Waals surface area contributed by atoms with E-state index in [0.717, 1.165) is 18.5 Å². The zero-order valence-corrected chi connectivity index (χ0v) is 19.3. The van der Waals surface area contributed by atoms with Gasteiger partial charge in [0.25, 0.3) is 5.69 Å². The lowest BCUT2D eigenvalue weighted by atomic mass is 9.68. The van der Waals surface area contributed by atoms with Crippen LogP contribution < -0.4 is 9.47 Å². The van der Waals surface area contributed by atoms with Crippen molar-refractivity contribution in [3.63, 3.8) is 0 Å². The van der Waals surface area contributed by atoms with Crippen molar-refractivity contribution in [3.8, 4) is 11.5 Å². The number of carbonyl (C=O) groups is 1. The molecule has 0 radical (unpaired) electrons. The number of hydrogen-bond donors (Lipinski definition) is 0. The highest BCUT2D eigenvalue weighted by atomic mass is 16.6. The largest absolute Gasteiger partial charge is 0.493 e. The van der Waals surface area contributed by atoms with Crippen molar-refractivity contribution >= 4 is 11.7 Å². The summed E-state index contributed by atoms with van der Waals surface area (Å²) in [6, 6.07) is 10.7. The Labute approximate surface area is 192 Å². The van der Waals surface area contributed by atoms with Gasteiger partial charge in [-0.3, -0.25) is 10.1 Å². The lowest BCUT2D eigenvalue weighted by Gasteiger charge is -2.40. The van der Waals surface area contributed by atoms with Gasteiger partial charge >= 0.3 is 5.97 Å². The highest BCUT2D eigenvalue weighted by molar-refractivity contribution is 5.96. The molecule has 174 valence electrons. The number of fused-ring (bicyclic) bond motifs is 1. The fourth-order valence-corrected chi connectivity index (χ4v) is 5.20. The Morgan fingerprint density at radius 2 is 1.94 bits per heavy atom. The molecule has 8 nitrogen and oxygen atoms in total. The number of esters is 1. The van der Waals surface area contributed by atoms with Gasteiger partial charge in [0.05, 0.1) is 19.1 Å². The molecular weight excluding hydrogens is 424 g/mol. The van der Waals surface area contributed by atoms with Crippen molar-refractivity contribution < 1.29 is 23.9 Å². The summed E-state index contributed by atoms with van der Waals surface area (Å²) in [7, 11) is 5.31. The summed E-state index contributed by atoms with van der Waals surface area (Å²) in [6.07, 6.45) is 4.14. The molecule has 0 spiro atoms. The van der Waals surface area contributed by atoms with Crippen molar-refractivity contribution in [1.29, 1.82) is 0 Å². The van der Waals surface area contributed by atoms with Crippen LogP contribution in [-0.4, -0.2) is 49.6 Å². The van der Waals surface area contributed by atoms with E-state index in [-0.39, 0.29) is 22.7 Å². The first-order valence-corrected chi connectivity index (χ1v) is 10.9.